The first kappa shape index (κ1) is 15.6. The van der Waals surface area contributed by atoms with E-state index in [0.717, 1.165) is 25.2 Å². The molecule has 116 valence electrons. The topological polar surface area (TPSA) is 70.4 Å². The van der Waals surface area contributed by atoms with Crippen molar-refractivity contribution < 1.29 is 4.79 Å². The van der Waals surface area contributed by atoms with E-state index in [1.54, 1.807) is 6.07 Å². The first-order chi connectivity index (χ1) is 10.1. The number of piperidine rings is 1. The van der Waals surface area contributed by atoms with E-state index >= 15 is 0 Å². The van der Waals surface area contributed by atoms with E-state index in [9.17, 15) is 4.79 Å². The van der Waals surface area contributed by atoms with Crippen LogP contribution >= 0.6 is 0 Å². The predicted molar refractivity (Wildman–Crippen MR) is 87.6 cm³/mol. The van der Waals surface area contributed by atoms with Crippen LogP contribution in [0.4, 0.5) is 11.4 Å². The normalized spacial score (nSPS) is 19.2. The van der Waals surface area contributed by atoms with Gasteiger partial charge in [0.1, 0.15) is 0 Å². The number of rotatable bonds is 5. The third kappa shape index (κ3) is 4.11. The zero-order chi connectivity index (χ0) is 15.2. The molecule has 1 fully saturated rings. The number of carbonyl (C=O) groups excluding carboxylic acids is 1. The van der Waals surface area contributed by atoms with E-state index in [0.29, 0.717) is 23.8 Å². The maximum Gasteiger partial charge on any atom is 0.251 e. The first-order valence-corrected chi connectivity index (χ1v) is 7.80. The van der Waals surface area contributed by atoms with Gasteiger partial charge in [0.05, 0.1) is 11.4 Å². The summed E-state index contributed by atoms with van der Waals surface area (Å²) in [6.45, 7) is 8.03. The SMILES string of the molecule is CCNC(=O)c1ccc(NC2CCCN(CC)C2)c(N)c1. The molecule has 1 unspecified atom stereocenters. The molecule has 0 radical (unpaired) electrons. The molecular formula is C16H26N4O. The fraction of sp³-hybridized carbons (Fsp3) is 0.562. The Labute approximate surface area is 126 Å². The molecule has 21 heavy (non-hydrogen) atoms. The molecule has 1 aromatic carbocycles. The number of hydrogen-bond acceptors (Lipinski definition) is 4. The molecule has 0 saturated carbocycles. The third-order valence-corrected chi connectivity index (χ3v) is 3.96. The lowest BCUT2D eigenvalue weighted by molar-refractivity contribution is 0.0956. The first-order valence-electron chi connectivity index (χ1n) is 7.80. The second kappa shape index (κ2) is 7.31. The average molecular weight is 290 g/mol. The molecule has 1 amide bonds. The Kier molecular flexibility index (Phi) is 5.44. The lowest BCUT2D eigenvalue weighted by Gasteiger charge is -2.33. The van der Waals surface area contributed by atoms with Crippen LogP contribution in [0.5, 0.6) is 0 Å². The molecule has 1 atom stereocenters. The van der Waals surface area contributed by atoms with Crippen molar-refractivity contribution in [3.8, 4) is 0 Å². The van der Waals surface area contributed by atoms with Gasteiger partial charge in [-0.15, -0.1) is 0 Å². The molecule has 5 nitrogen and oxygen atoms in total. The van der Waals surface area contributed by atoms with Crippen molar-refractivity contribution in [2.24, 2.45) is 0 Å². The lowest BCUT2D eigenvalue weighted by atomic mass is 10.0. The summed E-state index contributed by atoms with van der Waals surface area (Å²) in [7, 11) is 0. The summed E-state index contributed by atoms with van der Waals surface area (Å²) in [4.78, 5) is 14.2. The van der Waals surface area contributed by atoms with E-state index in [1.165, 1.54) is 13.0 Å². The summed E-state index contributed by atoms with van der Waals surface area (Å²) in [6.07, 6.45) is 2.37. The van der Waals surface area contributed by atoms with Crippen molar-refractivity contribution in [1.82, 2.24) is 10.2 Å². The number of anilines is 2. The number of benzene rings is 1. The second-order valence-electron chi connectivity index (χ2n) is 5.54. The third-order valence-electron chi connectivity index (χ3n) is 3.96. The molecule has 2 rings (SSSR count). The molecule has 0 aliphatic carbocycles. The van der Waals surface area contributed by atoms with Crippen LogP contribution in [0.15, 0.2) is 18.2 Å². The van der Waals surface area contributed by atoms with Crippen LogP contribution in [0.2, 0.25) is 0 Å². The minimum atomic E-state index is -0.0782. The minimum Gasteiger partial charge on any atom is -0.397 e. The van der Waals surface area contributed by atoms with Crippen LogP contribution in [0, 0.1) is 0 Å². The van der Waals surface area contributed by atoms with Gasteiger partial charge in [-0.3, -0.25) is 4.79 Å². The number of likely N-dealkylation sites (N-methyl/N-ethyl adjacent to an activating group) is 1. The quantitative estimate of drug-likeness (QED) is 0.725. The fourth-order valence-corrected chi connectivity index (χ4v) is 2.78. The Bertz CT molecular complexity index is 489. The van der Waals surface area contributed by atoms with E-state index in [-0.39, 0.29) is 5.91 Å². The summed E-state index contributed by atoms with van der Waals surface area (Å²) in [5, 5.41) is 6.29. The van der Waals surface area contributed by atoms with E-state index in [4.69, 9.17) is 5.73 Å². The molecule has 4 N–H and O–H groups in total. The summed E-state index contributed by atoms with van der Waals surface area (Å²) in [5.41, 5.74) is 8.25. The minimum absolute atomic E-state index is 0.0782. The fourth-order valence-electron chi connectivity index (χ4n) is 2.78. The van der Waals surface area contributed by atoms with Crippen molar-refractivity contribution in [1.29, 1.82) is 0 Å². The van der Waals surface area contributed by atoms with Crippen molar-refractivity contribution in [3.63, 3.8) is 0 Å². The zero-order valence-electron chi connectivity index (χ0n) is 13.0. The molecular weight excluding hydrogens is 264 g/mol. The molecule has 1 saturated heterocycles. The Morgan fingerprint density at radius 2 is 2.24 bits per heavy atom. The van der Waals surface area contributed by atoms with Crippen molar-refractivity contribution in [2.45, 2.75) is 32.7 Å². The molecule has 1 heterocycles. The lowest BCUT2D eigenvalue weighted by Crippen LogP contribution is -2.41. The van der Waals surface area contributed by atoms with Gasteiger partial charge in [0.2, 0.25) is 0 Å². The van der Waals surface area contributed by atoms with Crippen LogP contribution < -0.4 is 16.4 Å². The van der Waals surface area contributed by atoms with Crippen molar-refractivity contribution in [2.75, 3.05) is 37.2 Å². The second-order valence-corrected chi connectivity index (χ2v) is 5.54. The highest BCUT2D eigenvalue weighted by Gasteiger charge is 2.19. The standard InChI is InChI=1S/C16H26N4O/c1-3-18-16(21)12-7-8-15(14(17)10-12)19-13-6-5-9-20(4-2)11-13/h7-8,10,13,19H,3-6,9,11,17H2,1-2H3,(H,18,21). The molecule has 1 aliphatic heterocycles. The van der Waals surface area contributed by atoms with Gasteiger partial charge < -0.3 is 21.3 Å². The summed E-state index contributed by atoms with van der Waals surface area (Å²) in [5.74, 6) is -0.0782. The number of nitrogen functional groups attached to an aromatic ring is 1. The molecule has 0 spiro atoms. The molecule has 1 aromatic rings. The van der Waals surface area contributed by atoms with Crippen LogP contribution in [-0.2, 0) is 0 Å². The highest BCUT2D eigenvalue weighted by molar-refractivity contribution is 5.96. The Morgan fingerprint density at radius 1 is 1.43 bits per heavy atom. The molecule has 0 aromatic heterocycles. The number of nitrogens with one attached hydrogen (secondary N) is 2. The molecule has 1 aliphatic rings. The van der Waals surface area contributed by atoms with Gasteiger partial charge >= 0.3 is 0 Å². The van der Waals surface area contributed by atoms with Gasteiger partial charge in [0.15, 0.2) is 0 Å². The van der Waals surface area contributed by atoms with Crippen molar-refractivity contribution in [3.05, 3.63) is 23.8 Å². The highest BCUT2D eigenvalue weighted by atomic mass is 16.1. The zero-order valence-corrected chi connectivity index (χ0v) is 13.0. The highest BCUT2D eigenvalue weighted by Crippen LogP contribution is 2.23. The predicted octanol–water partition coefficient (Wildman–Crippen LogP) is 1.91. The summed E-state index contributed by atoms with van der Waals surface area (Å²) in [6, 6.07) is 5.90. The van der Waals surface area contributed by atoms with Gasteiger partial charge in [-0.2, -0.15) is 0 Å². The van der Waals surface area contributed by atoms with Crippen LogP contribution in [0.25, 0.3) is 0 Å². The van der Waals surface area contributed by atoms with E-state index in [1.807, 2.05) is 19.1 Å². The van der Waals surface area contributed by atoms with Gasteiger partial charge in [0, 0.05) is 24.7 Å². The van der Waals surface area contributed by atoms with Crippen molar-refractivity contribution >= 4 is 17.3 Å². The number of amides is 1. The van der Waals surface area contributed by atoms with Gasteiger partial charge in [-0.05, 0) is 51.1 Å². The maximum absolute atomic E-state index is 11.8. The van der Waals surface area contributed by atoms with Crippen LogP contribution in [0.1, 0.15) is 37.0 Å². The number of likely N-dealkylation sites (tertiary alicyclic amines) is 1. The summed E-state index contributed by atoms with van der Waals surface area (Å²) < 4.78 is 0. The smallest absolute Gasteiger partial charge is 0.251 e. The average Bonchev–Trinajstić information content (AvgIpc) is 2.49. The maximum atomic E-state index is 11.8. The Hall–Kier alpha value is -1.75. The van der Waals surface area contributed by atoms with E-state index in [2.05, 4.69) is 22.5 Å². The summed E-state index contributed by atoms with van der Waals surface area (Å²) >= 11 is 0. The Morgan fingerprint density at radius 3 is 2.90 bits per heavy atom. The monoisotopic (exact) mass is 290 g/mol. The number of carbonyl (C=O) groups is 1. The molecule has 5 heteroatoms. The number of nitrogens with two attached hydrogens (primary N) is 1. The van der Waals surface area contributed by atoms with E-state index < -0.39 is 0 Å². The largest absolute Gasteiger partial charge is 0.397 e. The number of nitrogens with zero attached hydrogens (tertiary/aromatic N) is 1. The van der Waals surface area contributed by atoms with Gasteiger partial charge in [-0.25, -0.2) is 0 Å². The van der Waals surface area contributed by atoms with Gasteiger partial charge in [-0.1, -0.05) is 6.92 Å². The van der Waals surface area contributed by atoms with Crippen LogP contribution in [0.3, 0.4) is 0 Å². The van der Waals surface area contributed by atoms with Crippen LogP contribution in [-0.4, -0.2) is 43.0 Å². The number of hydrogen-bond donors (Lipinski definition) is 3. The Balaban J connectivity index is 2.02. The molecule has 0 bridgehead atoms. The van der Waals surface area contributed by atoms with Gasteiger partial charge in [0.25, 0.3) is 5.91 Å².